The van der Waals surface area contributed by atoms with Crippen molar-refractivity contribution >= 4 is 17.2 Å². The number of nitrogens with one attached hydrogen (secondary N) is 1. The molecular formula is C19H14ClN3O. The van der Waals surface area contributed by atoms with Crippen LogP contribution in [0.25, 0.3) is 28.0 Å². The molecule has 0 atom stereocenters. The zero-order valence-electron chi connectivity index (χ0n) is 13.0. The number of hydrogen-bond donors (Lipinski definition) is 1. The van der Waals surface area contributed by atoms with Crippen LogP contribution in [-0.2, 0) is 0 Å². The fourth-order valence-corrected chi connectivity index (χ4v) is 2.98. The molecule has 4 rings (SSSR count). The van der Waals surface area contributed by atoms with E-state index in [2.05, 4.69) is 10.1 Å². The van der Waals surface area contributed by atoms with Crippen LogP contribution in [0, 0.1) is 6.92 Å². The minimum absolute atomic E-state index is 0.130. The van der Waals surface area contributed by atoms with Crippen LogP contribution >= 0.6 is 11.6 Å². The molecule has 0 spiro atoms. The molecule has 24 heavy (non-hydrogen) atoms. The second kappa shape index (κ2) is 5.65. The third kappa shape index (κ3) is 2.41. The number of benzene rings is 2. The van der Waals surface area contributed by atoms with Gasteiger partial charge in [0.15, 0.2) is 5.65 Å². The monoisotopic (exact) mass is 335 g/mol. The van der Waals surface area contributed by atoms with Gasteiger partial charge in [-0.15, -0.1) is 0 Å². The van der Waals surface area contributed by atoms with Crippen LogP contribution in [0.5, 0.6) is 0 Å². The number of fused-ring (bicyclic) bond motifs is 1. The summed E-state index contributed by atoms with van der Waals surface area (Å²) in [5.41, 5.74) is 4.86. The van der Waals surface area contributed by atoms with Crippen LogP contribution in [0.3, 0.4) is 0 Å². The summed E-state index contributed by atoms with van der Waals surface area (Å²) in [6, 6.07) is 19.0. The molecule has 118 valence electrons. The van der Waals surface area contributed by atoms with Gasteiger partial charge >= 0.3 is 0 Å². The van der Waals surface area contributed by atoms with Gasteiger partial charge in [-0.1, -0.05) is 54.1 Å². The third-order valence-electron chi connectivity index (χ3n) is 3.94. The van der Waals surface area contributed by atoms with Gasteiger partial charge in [-0.3, -0.25) is 9.89 Å². The number of hydrogen-bond acceptors (Lipinski definition) is 2. The van der Waals surface area contributed by atoms with E-state index in [1.165, 1.54) is 10.6 Å². The Morgan fingerprint density at radius 2 is 1.71 bits per heavy atom. The molecule has 0 fully saturated rings. The van der Waals surface area contributed by atoms with Crippen LogP contribution in [0.15, 0.2) is 65.5 Å². The van der Waals surface area contributed by atoms with Crippen molar-refractivity contribution in [3.8, 4) is 22.4 Å². The van der Waals surface area contributed by atoms with E-state index in [1.54, 1.807) is 0 Å². The van der Waals surface area contributed by atoms with Gasteiger partial charge in [-0.2, -0.15) is 0 Å². The molecule has 0 radical (unpaired) electrons. The lowest BCUT2D eigenvalue weighted by atomic mass is 10.0. The van der Waals surface area contributed by atoms with Crippen molar-refractivity contribution in [1.29, 1.82) is 0 Å². The Bertz CT molecular complexity index is 1080. The molecule has 0 saturated heterocycles. The van der Waals surface area contributed by atoms with E-state index in [0.29, 0.717) is 16.4 Å². The largest absolute Gasteiger partial charge is 0.288 e. The summed E-state index contributed by atoms with van der Waals surface area (Å²) < 4.78 is 1.49. The van der Waals surface area contributed by atoms with Crippen molar-refractivity contribution in [2.75, 3.05) is 0 Å². The molecule has 0 aliphatic carbocycles. The Balaban J connectivity index is 2.11. The number of H-pyrrole nitrogens is 1. The van der Waals surface area contributed by atoms with Gasteiger partial charge in [-0.05, 0) is 24.6 Å². The maximum atomic E-state index is 12.4. The summed E-state index contributed by atoms with van der Waals surface area (Å²) in [5, 5.41) is 3.87. The number of halogens is 1. The van der Waals surface area contributed by atoms with Crippen molar-refractivity contribution in [1.82, 2.24) is 14.6 Å². The molecule has 0 unspecified atom stereocenters. The van der Waals surface area contributed by atoms with Crippen LogP contribution < -0.4 is 5.56 Å². The summed E-state index contributed by atoms with van der Waals surface area (Å²) in [4.78, 5) is 16.9. The molecular weight excluding hydrogens is 322 g/mol. The minimum atomic E-state index is -0.130. The first kappa shape index (κ1) is 14.7. The summed E-state index contributed by atoms with van der Waals surface area (Å²) in [7, 11) is 0. The molecule has 2 aromatic heterocycles. The first-order valence-corrected chi connectivity index (χ1v) is 7.95. The molecule has 0 aliphatic heterocycles. The van der Waals surface area contributed by atoms with E-state index >= 15 is 0 Å². The maximum absolute atomic E-state index is 12.4. The second-order valence-corrected chi connectivity index (χ2v) is 6.07. The van der Waals surface area contributed by atoms with E-state index < -0.39 is 0 Å². The Labute approximate surface area is 143 Å². The number of aryl methyl sites for hydroxylation is 1. The molecule has 2 heterocycles. The summed E-state index contributed by atoms with van der Waals surface area (Å²) >= 11 is 6.02. The standard InChI is InChI=1S/C19H14ClN3O/c1-12-11-16(24)23-19(21-12)17(13-7-9-15(20)10-8-13)18(22-23)14-5-3-2-4-6-14/h2-11,22H,1H3. The molecule has 1 N–H and O–H groups in total. The van der Waals surface area contributed by atoms with E-state index in [9.17, 15) is 4.79 Å². The molecule has 2 aromatic carbocycles. The highest BCUT2D eigenvalue weighted by Gasteiger charge is 2.17. The average Bonchev–Trinajstić information content (AvgIpc) is 2.96. The highest BCUT2D eigenvalue weighted by molar-refractivity contribution is 6.30. The maximum Gasteiger partial charge on any atom is 0.272 e. The van der Waals surface area contributed by atoms with E-state index in [-0.39, 0.29) is 5.56 Å². The van der Waals surface area contributed by atoms with Crippen molar-refractivity contribution in [3.63, 3.8) is 0 Å². The van der Waals surface area contributed by atoms with Gasteiger partial charge in [0.05, 0.1) is 11.3 Å². The molecule has 0 saturated carbocycles. The lowest BCUT2D eigenvalue weighted by molar-refractivity contribution is 0.893. The second-order valence-electron chi connectivity index (χ2n) is 5.63. The highest BCUT2D eigenvalue weighted by Crippen LogP contribution is 2.34. The molecule has 4 aromatic rings. The SMILES string of the molecule is Cc1cc(=O)n2[nH]c(-c3ccccc3)c(-c3ccc(Cl)cc3)c2n1. The predicted octanol–water partition coefficient (Wildman–Crippen LogP) is 4.32. The van der Waals surface area contributed by atoms with Gasteiger partial charge in [0.1, 0.15) is 0 Å². The van der Waals surface area contributed by atoms with Crippen LogP contribution in [0.4, 0.5) is 0 Å². The Morgan fingerprint density at radius 1 is 1.00 bits per heavy atom. The van der Waals surface area contributed by atoms with E-state index in [4.69, 9.17) is 11.6 Å². The van der Waals surface area contributed by atoms with Crippen molar-refractivity contribution in [3.05, 3.63) is 81.7 Å². The fraction of sp³-hybridized carbons (Fsp3) is 0.0526. The first-order valence-electron chi connectivity index (χ1n) is 7.57. The number of rotatable bonds is 2. The van der Waals surface area contributed by atoms with Crippen LogP contribution in [-0.4, -0.2) is 14.6 Å². The van der Waals surface area contributed by atoms with Gasteiger partial charge in [0, 0.05) is 22.3 Å². The van der Waals surface area contributed by atoms with Gasteiger partial charge < -0.3 is 0 Å². The number of aromatic amines is 1. The van der Waals surface area contributed by atoms with E-state index in [1.807, 2.05) is 61.5 Å². The lowest BCUT2D eigenvalue weighted by Crippen LogP contribution is -2.14. The molecule has 0 bridgehead atoms. The van der Waals surface area contributed by atoms with Crippen molar-refractivity contribution < 1.29 is 0 Å². The van der Waals surface area contributed by atoms with Crippen LogP contribution in [0.1, 0.15) is 5.69 Å². The summed E-state index contributed by atoms with van der Waals surface area (Å²) in [5.74, 6) is 0. The predicted molar refractivity (Wildman–Crippen MR) is 96.4 cm³/mol. The van der Waals surface area contributed by atoms with Gasteiger partial charge in [0.25, 0.3) is 5.56 Å². The lowest BCUT2D eigenvalue weighted by Gasteiger charge is -2.04. The van der Waals surface area contributed by atoms with Gasteiger partial charge in [-0.25, -0.2) is 9.50 Å². The molecule has 0 aliphatic rings. The number of nitrogens with zero attached hydrogens (tertiary/aromatic N) is 2. The zero-order valence-corrected chi connectivity index (χ0v) is 13.7. The Hall–Kier alpha value is -2.85. The van der Waals surface area contributed by atoms with Crippen molar-refractivity contribution in [2.45, 2.75) is 6.92 Å². The minimum Gasteiger partial charge on any atom is -0.288 e. The summed E-state index contributed by atoms with van der Waals surface area (Å²) in [6.45, 7) is 1.82. The fourth-order valence-electron chi connectivity index (χ4n) is 2.86. The Morgan fingerprint density at radius 3 is 2.42 bits per heavy atom. The Kier molecular flexibility index (Phi) is 3.47. The van der Waals surface area contributed by atoms with Gasteiger partial charge in [0.2, 0.25) is 0 Å². The smallest absolute Gasteiger partial charge is 0.272 e. The first-order chi connectivity index (χ1) is 11.6. The van der Waals surface area contributed by atoms with E-state index in [0.717, 1.165) is 22.4 Å². The zero-order chi connectivity index (χ0) is 16.7. The molecule has 0 amide bonds. The number of aromatic nitrogens is 3. The quantitative estimate of drug-likeness (QED) is 0.593. The molecule has 4 nitrogen and oxygen atoms in total. The van der Waals surface area contributed by atoms with Crippen LogP contribution in [0.2, 0.25) is 5.02 Å². The molecule has 5 heteroatoms. The van der Waals surface area contributed by atoms with Crippen molar-refractivity contribution in [2.24, 2.45) is 0 Å². The highest BCUT2D eigenvalue weighted by atomic mass is 35.5. The summed E-state index contributed by atoms with van der Waals surface area (Å²) in [6.07, 6.45) is 0. The average molecular weight is 336 g/mol. The third-order valence-corrected chi connectivity index (χ3v) is 4.19. The normalized spacial score (nSPS) is 11.1. The topological polar surface area (TPSA) is 50.2 Å².